The number of pyridine rings is 1. The van der Waals surface area contributed by atoms with Crippen LogP contribution in [0.3, 0.4) is 0 Å². The molecule has 3 aromatic rings. The van der Waals surface area contributed by atoms with Crippen LogP contribution in [0.15, 0.2) is 36.8 Å². The van der Waals surface area contributed by atoms with E-state index in [0.29, 0.717) is 5.92 Å². The first-order chi connectivity index (χ1) is 10.3. The van der Waals surface area contributed by atoms with Crippen LogP contribution in [0, 0.1) is 0 Å². The van der Waals surface area contributed by atoms with E-state index in [1.165, 1.54) is 0 Å². The monoisotopic (exact) mass is 280 g/mol. The number of fused-ring (bicyclic) bond motifs is 1. The standard InChI is InChI=1S/C15H16N6/c1-2-12-7-14(17-10-16-12)20-8-11(9-20)15-19-18-13-5-3-4-6-21(13)15/h3-7,10-11H,2,8-9H2,1H3. The van der Waals surface area contributed by atoms with E-state index < -0.39 is 0 Å². The Balaban J connectivity index is 1.54. The van der Waals surface area contributed by atoms with Gasteiger partial charge in [-0.3, -0.25) is 4.40 Å². The Morgan fingerprint density at radius 3 is 2.95 bits per heavy atom. The Kier molecular flexibility index (Phi) is 2.80. The van der Waals surface area contributed by atoms with Crippen LogP contribution in [0.1, 0.15) is 24.4 Å². The van der Waals surface area contributed by atoms with Gasteiger partial charge in [0, 0.05) is 31.0 Å². The minimum Gasteiger partial charge on any atom is -0.355 e. The third-order valence-electron chi connectivity index (χ3n) is 3.98. The summed E-state index contributed by atoms with van der Waals surface area (Å²) in [6.07, 6.45) is 4.60. The second kappa shape index (κ2) is 4.80. The van der Waals surface area contributed by atoms with Crippen molar-refractivity contribution in [3.8, 4) is 0 Å². The van der Waals surface area contributed by atoms with E-state index in [1.54, 1.807) is 6.33 Å². The number of aryl methyl sites for hydroxylation is 1. The smallest absolute Gasteiger partial charge is 0.160 e. The molecule has 21 heavy (non-hydrogen) atoms. The molecular weight excluding hydrogens is 264 g/mol. The minimum absolute atomic E-state index is 0.405. The molecule has 0 radical (unpaired) electrons. The van der Waals surface area contributed by atoms with E-state index in [-0.39, 0.29) is 0 Å². The van der Waals surface area contributed by atoms with E-state index >= 15 is 0 Å². The highest BCUT2D eigenvalue weighted by atomic mass is 15.3. The second-order valence-electron chi connectivity index (χ2n) is 5.31. The lowest BCUT2D eigenvalue weighted by molar-refractivity contribution is 0.492. The van der Waals surface area contributed by atoms with E-state index in [9.17, 15) is 0 Å². The van der Waals surface area contributed by atoms with Gasteiger partial charge in [0.25, 0.3) is 0 Å². The largest absolute Gasteiger partial charge is 0.355 e. The summed E-state index contributed by atoms with van der Waals surface area (Å²) in [6, 6.07) is 8.03. The fourth-order valence-electron chi connectivity index (χ4n) is 2.72. The molecule has 1 fully saturated rings. The van der Waals surface area contributed by atoms with E-state index in [0.717, 1.165) is 42.5 Å². The van der Waals surface area contributed by atoms with Gasteiger partial charge in [-0.05, 0) is 18.6 Å². The molecule has 1 saturated heterocycles. The summed E-state index contributed by atoms with van der Waals surface area (Å²) >= 11 is 0. The number of rotatable bonds is 3. The Labute approximate surface area is 122 Å². The summed E-state index contributed by atoms with van der Waals surface area (Å²) in [5, 5.41) is 8.55. The van der Waals surface area contributed by atoms with Gasteiger partial charge in [0.1, 0.15) is 18.0 Å². The van der Waals surface area contributed by atoms with Crippen molar-refractivity contribution in [1.29, 1.82) is 0 Å². The predicted octanol–water partition coefficient (Wildman–Crippen LogP) is 1.69. The molecule has 1 aliphatic rings. The summed E-state index contributed by atoms with van der Waals surface area (Å²) in [6.45, 7) is 3.96. The zero-order valence-corrected chi connectivity index (χ0v) is 11.8. The van der Waals surface area contributed by atoms with Crippen molar-refractivity contribution < 1.29 is 0 Å². The topological polar surface area (TPSA) is 59.2 Å². The van der Waals surface area contributed by atoms with Gasteiger partial charge in [0.2, 0.25) is 0 Å². The normalized spacial score (nSPS) is 15.4. The first-order valence-electron chi connectivity index (χ1n) is 7.20. The molecule has 1 aliphatic heterocycles. The maximum absolute atomic E-state index is 4.36. The summed E-state index contributed by atoms with van der Waals surface area (Å²) in [4.78, 5) is 10.9. The van der Waals surface area contributed by atoms with Crippen LogP contribution in [-0.4, -0.2) is 37.7 Å². The van der Waals surface area contributed by atoms with Crippen molar-refractivity contribution >= 4 is 11.5 Å². The Hall–Kier alpha value is -2.50. The van der Waals surface area contributed by atoms with Crippen molar-refractivity contribution in [2.24, 2.45) is 0 Å². The third kappa shape index (κ3) is 2.03. The van der Waals surface area contributed by atoms with Gasteiger partial charge in [0.15, 0.2) is 5.65 Å². The van der Waals surface area contributed by atoms with Gasteiger partial charge >= 0.3 is 0 Å². The SMILES string of the molecule is CCc1cc(N2CC(c3nnc4ccccn34)C2)ncn1. The molecule has 4 heterocycles. The molecule has 0 unspecified atom stereocenters. The average Bonchev–Trinajstić information content (AvgIpc) is 2.90. The predicted molar refractivity (Wildman–Crippen MR) is 79.4 cm³/mol. The van der Waals surface area contributed by atoms with Crippen LogP contribution >= 0.6 is 0 Å². The fraction of sp³-hybridized carbons (Fsp3) is 0.333. The summed E-state index contributed by atoms with van der Waals surface area (Å²) in [7, 11) is 0. The Morgan fingerprint density at radius 1 is 1.19 bits per heavy atom. The zero-order valence-electron chi connectivity index (χ0n) is 11.8. The highest BCUT2D eigenvalue weighted by Gasteiger charge is 2.32. The van der Waals surface area contributed by atoms with Crippen LogP contribution in [0.5, 0.6) is 0 Å². The molecule has 0 bridgehead atoms. The zero-order chi connectivity index (χ0) is 14.2. The summed E-state index contributed by atoms with van der Waals surface area (Å²) < 4.78 is 2.07. The molecule has 0 amide bonds. The number of nitrogens with zero attached hydrogens (tertiary/aromatic N) is 6. The molecule has 0 atom stereocenters. The van der Waals surface area contributed by atoms with Gasteiger partial charge in [-0.15, -0.1) is 10.2 Å². The Bertz CT molecular complexity index is 774. The Morgan fingerprint density at radius 2 is 2.10 bits per heavy atom. The lowest BCUT2D eigenvalue weighted by Crippen LogP contribution is -2.46. The van der Waals surface area contributed by atoms with Crippen LogP contribution in [0.2, 0.25) is 0 Å². The van der Waals surface area contributed by atoms with Gasteiger partial charge in [-0.2, -0.15) is 0 Å². The molecule has 106 valence electrons. The van der Waals surface area contributed by atoms with Crippen molar-refractivity contribution in [3.63, 3.8) is 0 Å². The van der Waals surface area contributed by atoms with Crippen LogP contribution in [0.25, 0.3) is 5.65 Å². The van der Waals surface area contributed by atoms with Gasteiger partial charge < -0.3 is 4.90 Å². The maximum Gasteiger partial charge on any atom is 0.160 e. The molecule has 0 saturated carbocycles. The van der Waals surface area contributed by atoms with E-state index in [1.807, 2.05) is 24.4 Å². The third-order valence-corrected chi connectivity index (χ3v) is 3.98. The molecule has 6 nitrogen and oxygen atoms in total. The fourth-order valence-corrected chi connectivity index (χ4v) is 2.72. The highest BCUT2D eigenvalue weighted by Crippen LogP contribution is 2.29. The molecule has 4 rings (SSSR count). The van der Waals surface area contributed by atoms with Crippen molar-refractivity contribution in [2.45, 2.75) is 19.3 Å². The van der Waals surface area contributed by atoms with Crippen molar-refractivity contribution in [3.05, 3.63) is 48.3 Å². The van der Waals surface area contributed by atoms with E-state index in [2.05, 4.69) is 42.5 Å². The number of aromatic nitrogens is 5. The molecule has 3 aromatic heterocycles. The first kappa shape index (κ1) is 12.3. The van der Waals surface area contributed by atoms with Crippen molar-refractivity contribution in [1.82, 2.24) is 24.6 Å². The van der Waals surface area contributed by atoms with Crippen LogP contribution in [-0.2, 0) is 6.42 Å². The summed E-state index contributed by atoms with van der Waals surface area (Å²) in [5.41, 5.74) is 1.98. The average molecular weight is 280 g/mol. The lowest BCUT2D eigenvalue weighted by Gasteiger charge is -2.39. The van der Waals surface area contributed by atoms with Gasteiger partial charge in [-0.1, -0.05) is 13.0 Å². The van der Waals surface area contributed by atoms with Crippen molar-refractivity contribution in [2.75, 3.05) is 18.0 Å². The highest BCUT2D eigenvalue weighted by molar-refractivity contribution is 5.45. The number of hydrogen-bond acceptors (Lipinski definition) is 5. The first-order valence-corrected chi connectivity index (χ1v) is 7.20. The minimum atomic E-state index is 0.405. The molecular formula is C15H16N6. The maximum atomic E-state index is 4.36. The lowest BCUT2D eigenvalue weighted by atomic mass is 9.99. The second-order valence-corrected chi connectivity index (χ2v) is 5.31. The molecule has 6 heteroatoms. The molecule has 0 aliphatic carbocycles. The van der Waals surface area contributed by atoms with Crippen LogP contribution in [0.4, 0.5) is 5.82 Å². The summed E-state index contributed by atoms with van der Waals surface area (Å²) in [5.74, 6) is 2.45. The number of anilines is 1. The van der Waals surface area contributed by atoms with Gasteiger partial charge in [0.05, 0.1) is 5.92 Å². The van der Waals surface area contributed by atoms with E-state index in [4.69, 9.17) is 0 Å². The molecule has 0 spiro atoms. The quantitative estimate of drug-likeness (QED) is 0.730. The van der Waals surface area contributed by atoms with Gasteiger partial charge in [-0.25, -0.2) is 9.97 Å². The molecule has 0 N–H and O–H groups in total. The number of hydrogen-bond donors (Lipinski definition) is 0. The molecule has 0 aromatic carbocycles. The van der Waals surface area contributed by atoms with Crippen LogP contribution < -0.4 is 4.90 Å².